The molecule has 2 amide bonds. The summed E-state index contributed by atoms with van der Waals surface area (Å²) in [6, 6.07) is 1.62. The van der Waals surface area contributed by atoms with E-state index in [2.05, 4.69) is 21.7 Å². The normalized spacial score (nSPS) is 11.4. The van der Waals surface area contributed by atoms with Gasteiger partial charge in [0.05, 0.1) is 17.5 Å². The molecule has 0 aliphatic heterocycles. The van der Waals surface area contributed by atoms with E-state index in [1.54, 1.807) is 19.9 Å². The predicted octanol–water partition coefficient (Wildman–Crippen LogP) is 0.793. The van der Waals surface area contributed by atoms with E-state index in [4.69, 9.17) is 10.9 Å². The molecule has 1 heterocycles. The van der Waals surface area contributed by atoms with Crippen LogP contribution in [-0.4, -0.2) is 34.5 Å². The van der Waals surface area contributed by atoms with Gasteiger partial charge in [-0.25, -0.2) is 0 Å². The third-order valence-corrected chi connectivity index (χ3v) is 3.24. The first-order chi connectivity index (χ1) is 9.02. The zero-order valence-electron chi connectivity index (χ0n) is 10.7. The summed E-state index contributed by atoms with van der Waals surface area (Å²) < 4.78 is 4.83. The van der Waals surface area contributed by atoms with Gasteiger partial charge in [-0.1, -0.05) is 11.1 Å². The third kappa shape index (κ3) is 5.48. The van der Waals surface area contributed by atoms with Crippen LogP contribution in [0.4, 0.5) is 5.82 Å². The lowest BCUT2D eigenvalue weighted by atomic mass is 10.4. The average molecular weight is 281 g/mol. The monoisotopic (exact) mass is 281 g/mol. The summed E-state index contributed by atoms with van der Waals surface area (Å²) in [6.07, 6.45) is 5.02. The highest BCUT2D eigenvalue weighted by Gasteiger charge is 2.16. The molecule has 0 aliphatic rings. The highest BCUT2D eigenvalue weighted by atomic mass is 32.2. The molecule has 0 radical (unpaired) electrons. The second-order valence-electron chi connectivity index (χ2n) is 3.75. The largest absolute Gasteiger partial charge is 0.360 e. The summed E-state index contributed by atoms with van der Waals surface area (Å²) in [7, 11) is 0. The zero-order chi connectivity index (χ0) is 14.3. The summed E-state index contributed by atoms with van der Waals surface area (Å²) in [4.78, 5) is 23.1. The van der Waals surface area contributed by atoms with Crippen molar-refractivity contribution < 1.29 is 14.1 Å². The van der Waals surface area contributed by atoms with Crippen molar-refractivity contribution in [2.24, 2.45) is 0 Å². The Balaban J connectivity index is 2.33. The molecule has 1 rings (SSSR count). The Labute approximate surface area is 115 Å². The minimum absolute atomic E-state index is 0.175. The molecule has 6 nitrogen and oxygen atoms in total. The van der Waals surface area contributed by atoms with Crippen molar-refractivity contribution in [3.8, 4) is 12.3 Å². The first kappa shape index (κ1) is 15.1. The van der Waals surface area contributed by atoms with Crippen molar-refractivity contribution in [3.63, 3.8) is 0 Å². The Morgan fingerprint density at radius 3 is 2.95 bits per heavy atom. The lowest BCUT2D eigenvalue weighted by Gasteiger charge is -2.09. The van der Waals surface area contributed by atoms with E-state index >= 15 is 0 Å². The number of terminal acetylenes is 1. The van der Waals surface area contributed by atoms with E-state index in [0.717, 1.165) is 0 Å². The molecule has 0 aliphatic carbocycles. The maximum atomic E-state index is 11.8. The number of carbonyl (C=O) groups is 2. The fraction of sp³-hybridized carbons (Fsp3) is 0.417. The number of aromatic nitrogens is 1. The fourth-order valence-electron chi connectivity index (χ4n) is 1.13. The number of nitrogens with zero attached hydrogens (tertiary/aromatic N) is 1. The van der Waals surface area contributed by atoms with Gasteiger partial charge in [0, 0.05) is 6.07 Å². The topological polar surface area (TPSA) is 84.2 Å². The van der Waals surface area contributed by atoms with Crippen LogP contribution in [0.3, 0.4) is 0 Å². The molecular weight excluding hydrogens is 266 g/mol. The Morgan fingerprint density at radius 2 is 2.37 bits per heavy atom. The van der Waals surface area contributed by atoms with Crippen molar-refractivity contribution in [1.82, 2.24) is 10.5 Å². The number of rotatable bonds is 6. The standard InChI is InChI=1S/C12H15N3O3S/c1-4-5-13-11(16)7-19-9(3)12(17)14-10-6-8(2)18-15-10/h1,6,9H,5,7H2,2-3H3,(H,13,16)(H,14,15,17). The Kier molecular flexibility index (Phi) is 5.96. The second kappa shape index (κ2) is 7.48. The average Bonchev–Trinajstić information content (AvgIpc) is 2.78. The molecule has 0 fully saturated rings. The Hall–Kier alpha value is -1.94. The molecule has 1 atom stereocenters. The zero-order valence-corrected chi connectivity index (χ0v) is 11.5. The summed E-state index contributed by atoms with van der Waals surface area (Å²) >= 11 is 1.22. The van der Waals surface area contributed by atoms with Gasteiger partial charge in [0.2, 0.25) is 11.8 Å². The number of amides is 2. The second-order valence-corrected chi connectivity index (χ2v) is 5.08. The lowest BCUT2D eigenvalue weighted by molar-refractivity contribution is -0.118. The quantitative estimate of drug-likeness (QED) is 0.753. The fourth-order valence-corrected chi connectivity index (χ4v) is 1.84. The number of aryl methyl sites for hydroxylation is 1. The number of nitrogens with one attached hydrogen (secondary N) is 2. The molecule has 0 saturated heterocycles. The van der Waals surface area contributed by atoms with Crippen molar-refractivity contribution in [2.45, 2.75) is 19.1 Å². The summed E-state index contributed by atoms with van der Waals surface area (Å²) in [5.41, 5.74) is 0. The van der Waals surface area contributed by atoms with Crippen LogP contribution in [0.15, 0.2) is 10.6 Å². The molecule has 102 valence electrons. The van der Waals surface area contributed by atoms with Crippen molar-refractivity contribution in [1.29, 1.82) is 0 Å². The highest BCUT2D eigenvalue weighted by Crippen LogP contribution is 2.13. The molecule has 0 aromatic carbocycles. The number of hydrogen-bond donors (Lipinski definition) is 2. The van der Waals surface area contributed by atoms with Gasteiger partial charge in [0.15, 0.2) is 5.82 Å². The minimum Gasteiger partial charge on any atom is -0.360 e. The van der Waals surface area contributed by atoms with Gasteiger partial charge in [0.1, 0.15) is 5.76 Å². The van der Waals surface area contributed by atoms with Crippen LogP contribution in [0.1, 0.15) is 12.7 Å². The molecule has 19 heavy (non-hydrogen) atoms. The summed E-state index contributed by atoms with van der Waals surface area (Å²) in [5.74, 6) is 3.03. The van der Waals surface area contributed by atoms with Crippen LogP contribution >= 0.6 is 11.8 Å². The van der Waals surface area contributed by atoms with Gasteiger partial charge in [-0.05, 0) is 13.8 Å². The van der Waals surface area contributed by atoms with Gasteiger partial charge in [-0.15, -0.1) is 18.2 Å². The highest BCUT2D eigenvalue weighted by molar-refractivity contribution is 8.01. The van der Waals surface area contributed by atoms with Crippen molar-refractivity contribution in [2.75, 3.05) is 17.6 Å². The molecule has 2 N–H and O–H groups in total. The summed E-state index contributed by atoms with van der Waals surface area (Å²) in [5, 5.41) is 8.40. The van der Waals surface area contributed by atoms with Crippen molar-refractivity contribution >= 4 is 29.4 Å². The van der Waals surface area contributed by atoms with Crippen LogP contribution in [0.25, 0.3) is 0 Å². The Morgan fingerprint density at radius 1 is 1.63 bits per heavy atom. The first-order valence-electron chi connectivity index (χ1n) is 5.59. The lowest BCUT2D eigenvalue weighted by Crippen LogP contribution is -2.28. The van der Waals surface area contributed by atoms with Crippen LogP contribution in [0.5, 0.6) is 0 Å². The van der Waals surface area contributed by atoms with E-state index in [0.29, 0.717) is 11.6 Å². The number of hydrogen-bond acceptors (Lipinski definition) is 5. The Bertz CT molecular complexity index is 493. The molecule has 1 aromatic heterocycles. The third-order valence-electron chi connectivity index (χ3n) is 2.10. The van der Waals surface area contributed by atoms with E-state index in [1.165, 1.54) is 11.8 Å². The minimum atomic E-state index is -0.381. The van der Waals surface area contributed by atoms with Gasteiger partial charge < -0.3 is 15.2 Å². The van der Waals surface area contributed by atoms with Crippen molar-refractivity contribution in [3.05, 3.63) is 11.8 Å². The van der Waals surface area contributed by atoms with E-state index in [9.17, 15) is 9.59 Å². The van der Waals surface area contributed by atoms with Crippen LogP contribution in [0.2, 0.25) is 0 Å². The van der Waals surface area contributed by atoms with Gasteiger partial charge in [-0.3, -0.25) is 9.59 Å². The van der Waals surface area contributed by atoms with Crippen LogP contribution in [-0.2, 0) is 9.59 Å². The SMILES string of the molecule is C#CCNC(=O)CSC(C)C(=O)Nc1cc(C)on1. The maximum absolute atomic E-state index is 11.8. The molecule has 1 unspecified atom stereocenters. The van der Waals surface area contributed by atoms with E-state index < -0.39 is 0 Å². The van der Waals surface area contributed by atoms with E-state index in [-0.39, 0.29) is 29.4 Å². The molecule has 0 bridgehead atoms. The number of thioether (sulfide) groups is 1. The van der Waals surface area contributed by atoms with E-state index in [1.807, 2.05) is 0 Å². The van der Waals surface area contributed by atoms with Gasteiger partial charge in [0.25, 0.3) is 0 Å². The van der Waals surface area contributed by atoms with Gasteiger partial charge >= 0.3 is 0 Å². The van der Waals surface area contributed by atoms with Gasteiger partial charge in [-0.2, -0.15) is 0 Å². The molecule has 0 spiro atoms. The van der Waals surface area contributed by atoms with Crippen LogP contribution in [0, 0.1) is 19.3 Å². The predicted molar refractivity (Wildman–Crippen MR) is 73.6 cm³/mol. The molecule has 1 aromatic rings. The molecule has 0 saturated carbocycles. The first-order valence-corrected chi connectivity index (χ1v) is 6.63. The van der Waals surface area contributed by atoms with Crippen LogP contribution < -0.4 is 10.6 Å². The molecule has 7 heteroatoms. The molecular formula is C12H15N3O3S. The number of anilines is 1. The smallest absolute Gasteiger partial charge is 0.238 e. The summed E-state index contributed by atoms with van der Waals surface area (Å²) in [6.45, 7) is 3.64. The number of carbonyl (C=O) groups excluding carboxylic acids is 2. The maximum Gasteiger partial charge on any atom is 0.238 e.